The first-order chi connectivity index (χ1) is 18.7. The highest BCUT2D eigenvalue weighted by Crippen LogP contribution is 2.52. The number of aromatic nitrogens is 4. The molecular formula is C28H30Cl2N6OS2. The Labute approximate surface area is 246 Å². The SMILES string of the molecule is CC(C)(C)[S+]([O-])N[C@@H]1c2cccnc2CC12CCN(c1ncc(Sc3cccc(Cl)c3Cl)c3nccn13)CC2. The van der Waals surface area contributed by atoms with E-state index in [-0.39, 0.29) is 16.2 Å². The van der Waals surface area contributed by atoms with E-state index in [9.17, 15) is 4.55 Å². The Kier molecular flexibility index (Phi) is 7.27. The largest absolute Gasteiger partial charge is 0.598 e. The van der Waals surface area contributed by atoms with E-state index >= 15 is 0 Å². The van der Waals surface area contributed by atoms with Crippen molar-refractivity contribution < 1.29 is 4.55 Å². The summed E-state index contributed by atoms with van der Waals surface area (Å²) in [6, 6.07) is 9.75. The van der Waals surface area contributed by atoms with Crippen LogP contribution in [0.15, 0.2) is 64.9 Å². The fourth-order valence-corrected chi connectivity index (χ4v) is 7.93. The molecule has 4 heterocycles. The number of fused-ring (bicyclic) bond motifs is 2. The Bertz CT molecular complexity index is 1520. The van der Waals surface area contributed by atoms with E-state index in [1.165, 1.54) is 17.3 Å². The molecule has 1 fully saturated rings. The second-order valence-corrected chi connectivity index (χ2v) is 15.1. The number of nitrogens with zero attached hydrogens (tertiary/aromatic N) is 5. The molecule has 204 valence electrons. The van der Waals surface area contributed by atoms with Gasteiger partial charge in [-0.2, -0.15) is 0 Å². The second-order valence-electron chi connectivity index (χ2n) is 11.2. The molecule has 1 aliphatic carbocycles. The molecule has 7 nitrogen and oxygen atoms in total. The fraction of sp³-hybridized carbons (Fsp3) is 0.393. The van der Waals surface area contributed by atoms with Gasteiger partial charge in [-0.3, -0.25) is 9.38 Å². The Morgan fingerprint density at radius 2 is 1.85 bits per heavy atom. The van der Waals surface area contributed by atoms with Gasteiger partial charge in [-0.1, -0.05) is 47.1 Å². The van der Waals surface area contributed by atoms with Crippen LogP contribution in [0.4, 0.5) is 5.95 Å². The quantitative estimate of drug-likeness (QED) is 0.261. The van der Waals surface area contributed by atoms with Crippen molar-refractivity contribution in [2.24, 2.45) is 5.41 Å². The summed E-state index contributed by atoms with van der Waals surface area (Å²) >= 11 is 13.0. The lowest BCUT2D eigenvalue weighted by Crippen LogP contribution is -2.50. The number of hydrogen-bond donors (Lipinski definition) is 1. The zero-order chi connectivity index (χ0) is 27.4. The monoisotopic (exact) mass is 600 g/mol. The van der Waals surface area contributed by atoms with Gasteiger partial charge in [0.15, 0.2) is 5.65 Å². The van der Waals surface area contributed by atoms with Crippen molar-refractivity contribution in [1.82, 2.24) is 24.1 Å². The zero-order valence-corrected chi connectivity index (χ0v) is 25.2. The third-order valence-electron chi connectivity index (χ3n) is 7.70. The zero-order valence-electron chi connectivity index (χ0n) is 22.0. The van der Waals surface area contributed by atoms with E-state index in [1.54, 1.807) is 12.3 Å². The number of imidazole rings is 1. The topological polar surface area (TPSA) is 81.4 Å². The summed E-state index contributed by atoms with van der Waals surface area (Å²) in [5.74, 6) is 0.871. The predicted octanol–water partition coefficient (Wildman–Crippen LogP) is 6.52. The van der Waals surface area contributed by atoms with Crippen LogP contribution in [-0.4, -0.2) is 41.7 Å². The van der Waals surface area contributed by atoms with Gasteiger partial charge in [-0.25, -0.2) is 9.97 Å². The molecule has 0 amide bonds. The summed E-state index contributed by atoms with van der Waals surface area (Å²) in [5, 5.41) is 1.05. The van der Waals surface area contributed by atoms with Gasteiger partial charge in [0.05, 0.1) is 21.0 Å². The summed E-state index contributed by atoms with van der Waals surface area (Å²) in [6.07, 6.45) is 10.3. The molecule has 6 rings (SSSR count). The number of halogens is 2. The molecule has 1 aromatic carbocycles. The van der Waals surface area contributed by atoms with Gasteiger partial charge >= 0.3 is 0 Å². The van der Waals surface area contributed by atoms with E-state index in [0.717, 1.165) is 59.4 Å². The number of rotatable bonds is 5. The average molecular weight is 602 g/mol. The number of pyridine rings is 1. The van der Waals surface area contributed by atoms with Crippen molar-refractivity contribution in [2.45, 2.75) is 60.6 Å². The number of piperidine rings is 1. The van der Waals surface area contributed by atoms with Crippen LogP contribution in [0.5, 0.6) is 0 Å². The number of anilines is 1. The number of hydrogen-bond acceptors (Lipinski definition) is 7. The number of nitrogens with one attached hydrogen (secondary N) is 1. The van der Waals surface area contributed by atoms with Crippen LogP contribution < -0.4 is 9.62 Å². The third-order valence-corrected chi connectivity index (χ3v) is 11.3. The smallest absolute Gasteiger partial charge is 0.211 e. The highest BCUT2D eigenvalue weighted by molar-refractivity contribution is 7.99. The van der Waals surface area contributed by atoms with Crippen LogP contribution >= 0.6 is 35.0 Å². The Balaban J connectivity index is 1.25. The van der Waals surface area contributed by atoms with Crippen molar-refractivity contribution in [2.75, 3.05) is 18.0 Å². The van der Waals surface area contributed by atoms with Crippen LogP contribution in [0.1, 0.15) is 50.9 Å². The summed E-state index contributed by atoms with van der Waals surface area (Å²) in [5.41, 5.74) is 3.09. The molecule has 1 saturated heterocycles. The summed E-state index contributed by atoms with van der Waals surface area (Å²) in [4.78, 5) is 18.3. The highest BCUT2D eigenvalue weighted by atomic mass is 35.5. The lowest BCUT2D eigenvalue weighted by atomic mass is 9.73. The minimum atomic E-state index is -1.18. The second kappa shape index (κ2) is 10.4. The minimum absolute atomic E-state index is 0.00542. The van der Waals surface area contributed by atoms with Crippen LogP contribution in [-0.2, 0) is 17.8 Å². The van der Waals surface area contributed by atoms with Crippen LogP contribution in [0, 0.1) is 5.41 Å². The molecule has 1 spiro atoms. The van der Waals surface area contributed by atoms with E-state index in [0.29, 0.717) is 10.0 Å². The van der Waals surface area contributed by atoms with Gasteiger partial charge in [0.2, 0.25) is 5.95 Å². The Morgan fingerprint density at radius 3 is 2.62 bits per heavy atom. The molecule has 1 N–H and O–H groups in total. The molecule has 0 saturated carbocycles. The van der Waals surface area contributed by atoms with Crippen molar-refractivity contribution in [3.05, 3.63) is 76.4 Å². The molecule has 11 heteroatoms. The minimum Gasteiger partial charge on any atom is -0.598 e. The molecule has 3 aromatic heterocycles. The fourth-order valence-electron chi connectivity index (χ4n) is 5.59. The molecule has 0 radical (unpaired) electrons. The lowest BCUT2D eigenvalue weighted by molar-refractivity contribution is 0.175. The summed E-state index contributed by atoms with van der Waals surface area (Å²) < 4.78 is 18.4. The van der Waals surface area contributed by atoms with Crippen molar-refractivity contribution >= 4 is 57.9 Å². The first-order valence-electron chi connectivity index (χ1n) is 13.0. The molecule has 2 atom stereocenters. The average Bonchev–Trinajstić information content (AvgIpc) is 3.51. The maximum absolute atomic E-state index is 13.2. The van der Waals surface area contributed by atoms with E-state index < -0.39 is 11.4 Å². The predicted molar refractivity (Wildman–Crippen MR) is 159 cm³/mol. The van der Waals surface area contributed by atoms with Crippen LogP contribution in [0.2, 0.25) is 10.0 Å². The van der Waals surface area contributed by atoms with Crippen LogP contribution in [0.25, 0.3) is 5.65 Å². The van der Waals surface area contributed by atoms with Gasteiger partial charge in [-0.05, 0) is 63.8 Å². The molecule has 39 heavy (non-hydrogen) atoms. The van der Waals surface area contributed by atoms with E-state index in [1.807, 2.05) is 62.0 Å². The molecule has 0 bridgehead atoms. The van der Waals surface area contributed by atoms with Gasteiger partial charge in [0.1, 0.15) is 4.75 Å². The Morgan fingerprint density at radius 1 is 1.05 bits per heavy atom. The molecule has 1 aliphatic heterocycles. The molecule has 1 unspecified atom stereocenters. The van der Waals surface area contributed by atoms with Gasteiger partial charge < -0.3 is 9.45 Å². The van der Waals surface area contributed by atoms with Crippen molar-refractivity contribution in [3.8, 4) is 0 Å². The van der Waals surface area contributed by atoms with Crippen LogP contribution in [0.3, 0.4) is 0 Å². The maximum Gasteiger partial charge on any atom is 0.211 e. The van der Waals surface area contributed by atoms with E-state index in [4.69, 9.17) is 33.2 Å². The lowest BCUT2D eigenvalue weighted by Gasteiger charge is -2.44. The first kappa shape index (κ1) is 27.2. The number of benzene rings is 1. The van der Waals surface area contributed by atoms with Gasteiger partial charge in [0, 0.05) is 65.2 Å². The van der Waals surface area contributed by atoms with Crippen molar-refractivity contribution in [3.63, 3.8) is 0 Å². The molecular weight excluding hydrogens is 571 g/mol. The summed E-state index contributed by atoms with van der Waals surface area (Å²) in [6.45, 7) is 7.70. The summed E-state index contributed by atoms with van der Waals surface area (Å²) in [7, 11) is 0. The third kappa shape index (κ3) is 5.02. The van der Waals surface area contributed by atoms with Gasteiger partial charge in [0.25, 0.3) is 0 Å². The maximum atomic E-state index is 13.2. The normalized spacial score (nSPS) is 19.5. The van der Waals surface area contributed by atoms with E-state index in [2.05, 4.69) is 20.7 Å². The first-order valence-corrected chi connectivity index (χ1v) is 15.7. The Hall–Kier alpha value is -2.01. The molecule has 4 aromatic rings. The highest BCUT2D eigenvalue weighted by Gasteiger charge is 2.51. The molecule has 2 aliphatic rings. The van der Waals surface area contributed by atoms with Gasteiger partial charge in [-0.15, -0.1) is 4.72 Å². The van der Waals surface area contributed by atoms with Crippen molar-refractivity contribution in [1.29, 1.82) is 0 Å². The standard InChI is InChI=1S/C28H30Cl2N6OS2/c1-27(2,3)39(37)34-24-18-6-5-11-31-20(18)16-28(24)9-13-35(14-10-28)26-33-17-22(25-32-12-15-36(25)26)38-21-8-4-7-19(29)23(21)30/h4-8,11-12,15,17,24,34H,9-10,13-14,16H2,1-3H3/t24-,39?/m1/s1.